The van der Waals surface area contributed by atoms with E-state index >= 15 is 0 Å². The molecule has 1 aromatic heterocycles. The van der Waals surface area contributed by atoms with Crippen molar-refractivity contribution >= 4 is 23.1 Å². The monoisotopic (exact) mass is 312 g/mol. The van der Waals surface area contributed by atoms with E-state index in [1.54, 1.807) is 0 Å². The zero-order valence-corrected chi connectivity index (χ0v) is 12.0. The molecule has 2 aromatic rings. The third-order valence-corrected chi connectivity index (χ3v) is 3.98. The zero-order valence-electron chi connectivity index (χ0n) is 11.2. The molecule has 3 N–H and O–H groups in total. The van der Waals surface area contributed by atoms with Crippen LogP contribution in [-0.2, 0) is 0 Å². The Balaban J connectivity index is 1.92. The van der Waals surface area contributed by atoms with Crippen molar-refractivity contribution in [2.45, 2.75) is 13.0 Å². The summed E-state index contributed by atoms with van der Waals surface area (Å²) in [6, 6.07) is 4.37. The molecule has 1 unspecified atom stereocenters. The third kappa shape index (κ3) is 3.77. The van der Waals surface area contributed by atoms with Gasteiger partial charge in [0.25, 0.3) is 0 Å². The standard InChI is InChI=1S/C14H14F2N2O2S/c1-8-5-6-21-13(8)11(19)7-17-14(20)18-12-9(15)3-2-4-10(12)16/h2-6,11,19H,7H2,1H3,(H2,17,18,20). The number of amides is 2. The molecule has 2 amide bonds. The number of nitrogens with one attached hydrogen (secondary N) is 2. The molecule has 1 aromatic carbocycles. The Morgan fingerprint density at radius 3 is 2.57 bits per heavy atom. The van der Waals surface area contributed by atoms with Crippen LogP contribution in [0, 0.1) is 18.6 Å². The highest BCUT2D eigenvalue weighted by molar-refractivity contribution is 7.10. The minimum atomic E-state index is -0.861. The van der Waals surface area contributed by atoms with E-state index < -0.39 is 29.5 Å². The molecule has 0 saturated carbocycles. The van der Waals surface area contributed by atoms with Gasteiger partial charge in [-0.2, -0.15) is 0 Å². The van der Waals surface area contributed by atoms with Gasteiger partial charge in [-0.15, -0.1) is 11.3 Å². The first kappa shape index (κ1) is 15.4. The lowest BCUT2D eigenvalue weighted by molar-refractivity contribution is 0.178. The molecule has 0 spiro atoms. The molecule has 0 saturated heterocycles. The number of aliphatic hydroxyl groups is 1. The van der Waals surface area contributed by atoms with Crippen LogP contribution in [0.15, 0.2) is 29.6 Å². The molecule has 0 aliphatic carbocycles. The van der Waals surface area contributed by atoms with Crippen molar-refractivity contribution in [2.75, 3.05) is 11.9 Å². The smallest absolute Gasteiger partial charge is 0.319 e. The number of anilines is 1. The number of carbonyl (C=O) groups is 1. The van der Waals surface area contributed by atoms with Gasteiger partial charge < -0.3 is 15.7 Å². The van der Waals surface area contributed by atoms with E-state index in [2.05, 4.69) is 10.6 Å². The molecule has 112 valence electrons. The van der Waals surface area contributed by atoms with Gasteiger partial charge in [-0.05, 0) is 36.1 Å². The van der Waals surface area contributed by atoms with Crippen molar-refractivity contribution in [2.24, 2.45) is 0 Å². The lowest BCUT2D eigenvalue weighted by Gasteiger charge is -2.13. The number of aliphatic hydroxyl groups excluding tert-OH is 1. The molecule has 21 heavy (non-hydrogen) atoms. The number of urea groups is 1. The Labute approximate surface area is 124 Å². The van der Waals surface area contributed by atoms with E-state index in [0.717, 1.165) is 22.6 Å². The number of halogens is 2. The molecular weight excluding hydrogens is 298 g/mol. The fourth-order valence-electron chi connectivity index (χ4n) is 1.78. The quantitative estimate of drug-likeness (QED) is 0.812. The molecule has 0 radical (unpaired) electrons. The third-order valence-electron chi connectivity index (χ3n) is 2.86. The molecule has 7 heteroatoms. The number of para-hydroxylation sites is 1. The van der Waals surface area contributed by atoms with E-state index in [1.165, 1.54) is 17.4 Å². The number of thiophene rings is 1. The van der Waals surface area contributed by atoms with E-state index in [4.69, 9.17) is 0 Å². The SMILES string of the molecule is Cc1ccsc1C(O)CNC(=O)Nc1c(F)cccc1F. The van der Waals surface area contributed by atoms with Crippen LogP contribution in [0.25, 0.3) is 0 Å². The maximum absolute atomic E-state index is 13.4. The fraction of sp³-hybridized carbons (Fsp3) is 0.214. The van der Waals surface area contributed by atoms with E-state index in [9.17, 15) is 18.7 Å². The Morgan fingerprint density at radius 1 is 1.33 bits per heavy atom. The Kier molecular flexibility index (Phi) is 4.87. The van der Waals surface area contributed by atoms with E-state index in [-0.39, 0.29) is 6.54 Å². The number of rotatable bonds is 4. The maximum Gasteiger partial charge on any atom is 0.319 e. The largest absolute Gasteiger partial charge is 0.386 e. The molecule has 1 heterocycles. The second-order valence-corrected chi connectivity index (χ2v) is 5.36. The van der Waals surface area contributed by atoms with E-state index in [1.807, 2.05) is 18.4 Å². The van der Waals surface area contributed by atoms with Gasteiger partial charge in [-0.3, -0.25) is 0 Å². The summed E-state index contributed by atoms with van der Waals surface area (Å²) in [6.45, 7) is 1.80. The fourth-order valence-corrected chi connectivity index (χ4v) is 2.70. The molecular formula is C14H14F2N2O2S. The first-order chi connectivity index (χ1) is 9.99. The van der Waals surface area contributed by atoms with Gasteiger partial charge in [0.05, 0.1) is 6.54 Å². The summed E-state index contributed by atoms with van der Waals surface area (Å²) in [7, 11) is 0. The molecule has 0 aliphatic rings. The average Bonchev–Trinajstić information content (AvgIpc) is 2.87. The van der Waals surface area contributed by atoms with Crippen LogP contribution in [0.5, 0.6) is 0 Å². The first-order valence-electron chi connectivity index (χ1n) is 6.20. The van der Waals surface area contributed by atoms with Crippen LogP contribution in [-0.4, -0.2) is 17.7 Å². The maximum atomic E-state index is 13.4. The summed E-state index contributed by atoms with van der Waals surface area (Å²) in [5.74, 6) is -1.72. The Bertz CT molecular complexity index is 625. The zero-order chi connectivity index (χ0) is 15.4. The van der Waals surface area contributed by atoms with Crippen LogP contribution in [0.4, 0.5) is 19.3 Å². The van der Waals surface area contributed by atoms with Crippen molar-refractivity contribution in [1.82, 2.24) is 5.32 Å². The summed E-state index contributed by atoms with van der Waals surface area (Å²) in [5.41, 5.74) is 0.409. The summed E-state index contributed by atoms with van der Waals surface area (Å²) in [5, 5.41) is 16.2. The number of benzene rings is 1. The van der Waals surface area contributed by atoms with Crippen LogP contribution < -0.4 is 10.6 Å². The van der Waals surface area contributed by atoms with Gasteiger partial charge in [0, 0.05) is 4.88 Å². The summed E-state index contributed by atoms with van der Waals surface area (Å²) >= 11 is 1.38. The lowest BCUT2D eigenvalue weighted by Crippen LogP contribution is -2.32. The number of aryl methyl sites for hydroxylation is 1. The summed E-state index contributed by atoms with van der Waals surface area (Å²) in [6.07, 6.45) is -0.860. The summed E-state index contributed by atoms with van der Waals surface area (Å²) < 4.78 is 26.7. The van der Waals surface area contributed by atoms with Crippen LogP contribution in [0.1, 0.15) is 16.5 Å². The van der Waals surface area contributed by atoms with Gasteiger partial charge in [0.15, 0.2) is 0 Å². The van der Waals surface area contributed by atoms with Crippen molar-refractivity contribution in [3.05, 3.63) is 51.7 Å². The van der Waals surface area contributed by atoms with Crippen molar-refractivity contribution < 1.29 is 18.7 Å². The van der Waals surface area contributed by atoms with Crippen molar-refractivity contribution in [3.63, 3.8) is 0 Å². The predicted molar refractivity (Wildman–Crippen MR) is 77.4 cm³/mol. The number of hydrogen-bond acceptors (Lipinski definition) is 3. The molecule has 0 fully saturated rings. The second-order valence-electron chi connectivity index (χ2n) is 4.42. The topological polar surface area (TPSA) is 61.4 Å². The average molecular weight is 312 g/mol. The van der Waals surface area contributed by atoms with Gasteiger partial charge in [0.1, 0.15) is 23.4 Å². The normalized spacial score (nSPS) is 12.0. The van der Waals surface area contributed by atoms with Crippen molar-refractivity contribution in [1.29, 1.82) is 0 Å². The van der Waals surface area contributed by atoms with Crippen LogP contribution >= 0.6 is 11.3 Å². The van der Waals surface area contributed by atoms with Crippen molar-refractivity contribution in [3.8, 4) is 0 Å². The first-order valence-corrected chi connectivity index (χ1v) is 7.08. The van der Waals surface area contributed by atoms with Gasteiger partial charge in [0.2, 0.25) is 0 Å². The summed E-state index contributed by atoms with van der Waals surface area (Å²) in [4.78, 5) is 12.4. The van der Waals surface area contributed by atoms with E-state index in [0.29, 0.717) is 0 Å². The molecule has 4 nitrogen and oxygen atoms in total. The van der Waals surface area contributed by atoms with Gasteiger partial charge in [-0.1, -0.05) is 6.07 Å². The molecule has 0 bridgehead atoms. The minimum Gasteiger partial charge on any atom is -0.386 e. The molecule has 0 aliphatic heterocycles. The highest BCUT2D eigenvalue weighted by Crippen LogP contribution is 2.23. The number of carbonyl (C=O) groups excluding carboxylic acids is 1. The Hall–Kier alpha value is -1.99. The molecule has 2 rings (SSSR count). The molecule has 1 atom stereocenters. The highest BCUT2D eigenvalue weighted by Gasteiger charge is 2.15. The second kappa shape index (κ2) is 6.64. The van der Waals surface area contributed by atoms with Crippen LogP contribution in [0.2, 0.25) is 0 Å². The van der Waals surface area contributed by atoms with Gasteiger partial charge in [-0.25, -0.2) is 13.6 Å². The van der Waals surface area contributed by atoms with Crippen LogP contribution in [0.3, 0.4) is 0 Å². The van der Waals surface area contributed by atoms with Gasteiger partial charge >= 0.3 is 6.03 Å². The minimum absolute atomic E-state index is 0.0523. The Morgan fingerprint density at radius 2 is 2.00 bits per heavy atom. The predicted octanol–water partition coefficient (Wildman–Crippen LogP) is 3.19. The highest BCUT2D eigenvalue weighted by atomic mass is 32.1. The lowest BCUT2D eigenvalue weighted by atomic mass is 10.2. The number of hydrogen-bond donors (Lipinski definition) is 3.